The first-order valence-electron chi connectivity index (χ1n) is 9.18. The van der Waals surface area contributed by atoms with Gasteiger partial charge in [-0.1, -0.05) is 43.5 Å². The Labute approximate surface area is 148 Å². The second-order valence-corrected chi connectivity index (χ2v) is 7.20. The van der Waals surface area contributed by atoms with Crippen LogP contribution in [0.15, 0.2) is 36.4 Å². The van der Waals surface area contributed by atoms with E-state index in [4.69, 9.17) is 0 Å². The van der Waals surface area contributed by atoms with Crippen LogP contribution in [0.25, 0.3) is 0 Å². The molecule has 2 heteroatoms. The molecule has 3 rings (SSSR count). The van der Waals surface area contributed by atoms with E-state index < -0.39 is 0 Å². The molecule has 0 saturated heterocycles. The van der Waals surface area contributed by atoms with Gasteiger partial charge in [0.25, 0.3) is 0 Å². The van der Waals surface area contributed by atoms with Crippen LogP contribution in [-0.2, 0) is 5.41 Å². The standard InChI is InChI=1S/C22H30N2.H2/c1-16-14-18(8-10-20(16)23-3)22(12-6-5-7-13-22)19-9-11-21(24-4)17(2)15-19;/h8-11,14-15,23-24H,5-7,12-13H2,1-4H3;1H. The second-order valence-electron chi connectivity index (χ2n) is 7.20. The van der Waals surface area contributed by atoms with Crippen LogP contribution in [0.2, 0.25) is 0 Å². The van der Waals surface area contributed by atoms with Crippen molar-refractivity contribution in [2.75, 3.05) is 24.7 Å². The predicted octanol–water partition coefficient (Wildman–Crippen LogP) is 5.88. The highest BCUT2D eigenvalue weighted by atomic mass is 14.8. The molecule has 1 fully saturated rings. The van der Waals surface area contributed by atoms with E-state index in [2.05, 4.69) is 60.9 Å². The maximum atomic E-state index is 3.29. The summed E-state index contributed by atoms with van der Waals surface area (Å²) >= 11 is 0. The van der Waals surface area contributed by atoms with Gasteiger partial charge in [-0.3, -0.25) is 0 Å². The third-order valence-corrected chi connectivity index (χ3v) is 5.80. The van der Waals surface area contributed by atoms with Gasteiger partial charge in [0.15, 0.2) is 0 Å². The van der Waals surface area contributed by atoms with Crippen molar-refractivity contribution in [3.05, 3.63) is 58.7 Å². The lowest BCUT2D eigenvalue weighted by Crippen LogP contribution is -2.30. The fourth-order valence-electron chi connectivity index (χ4n) is 4.38. The molecular weight excluding hydrogens is 292 g/mol. The van der Waals surface area contributed by atoms with Crippen LogP contribution >= 0.6 is 0 Å². The van der Waals surface area contributed by atoms with Crippen LogP contribution in [0.1, 0.15) is 55.8 Å². The zero-order chi connectivity index (χ0) is 17.2. The third-order valence-electron chi connectivity index (χ3n) is 5.80. The summed E-state index contributed by atoms with van der Waals surface area (Å²) in [6, 6.07) is 14.0. The van der Waals surface area contributed by atoms with E-state index in [1.165, 1.54) is 65.7 Å². The number of anilines is 2. The molecule has 1 aliphatic carbocycles. The highest BCUT2D eigenvalue weighted by Crippen LogP contribution is 2.46. The first-order valence-corrected chi connectivity index (χ1v) is 9.18. The summed E-state index contributed by atoms with van der Waals surface area (Å²) in [5.41, 5.74) is 8.27. The topological polar surface area (TPSA) is 24.1 Å². The molecule has 0 amide bonds. The normalized spacial score (nSPS) is 16.7. The largest absolute Gasteiger partial charge is 0.388 e. The zero-order valence-corrected chi connectivity index (χ0v) is 15.5. The highest BCUT2D eigenvalue weighted by Gasteiger charge is 2.36. The lowest BCUT2D eigenvalue weighted by molar-refractivity contribution is 0.346. The summed E-state index contributed by atoms with van der Waals surface area (Å²) in [5, 5.41) is 6.59. The molecule has 1 aliphatic rings. The lowest BCUT2D eigenvalue weighted by atomic mass is 9.65. The van der Waals surface area contributed by atoms with Crippen LogP contribution in [-0.4, -0.2) is 14.1 Å². The van der Waals surface area contributed by atoms with Gasteiger partial charge in [-0.15, -0.1) is 0 Å². The van der Waals surface area contributed by atoms with Gasteiger partial charge in [0.05, 0.1) is 0 Å². The minimum absolute atomic E-state index is 0. The van der Waals surface area contributed by atoms with E-state index in [-0.39, 0.29) is 6.84 Å². The minimum atomic E-state index is 0. The molecule has 0 bridgehead atoms. The number of aryl methyl sites for hydroxylation is 2. The molecule has 24 heavy (non-hydrogen) atoms. The Bertz CT molecular complexity index is 662. The van der Waals surface area contributed by atoms with Gasteiger partial charge in [-0.2, -0.15) is 0 Å². The average Bonchev–Trinajstić information content (AvgIpc) is 2.62. The molecule has 2 nitrogen and oxygen atoms in total. The summed E-state index contributed by atoms with van der Waals surface area (Å²) in [7, 11) is 4.00. The number of rotatable bonds is 4. The van der Waals surface area contributed by atoms with Crippen molar-refractivity contribution in [2.45, 2.75) is 51.4 Å². The fraction of sp³-hybridized carbons (Fsp3) is 0.455. The van der Waals surface area contributed by atoms with Crippen LogP contribution in [0.5, 0.6) is 0 Å². The molecule has 130 valence electrons. The molecule has 2 N–H and O–H groups in total. The Hall–Kier alpha value is -1.96. The molecule has 0 radical (unpaired) electrons. The van der Waals surface area contributed by atoms with Crippen molar-refractivity contribution < 1.29 is 1.43 Å². The first kappa shape index (κ1) is 16.9. The predicted molar refractivity (Wildman–Crippen MR) is 107 cm³/mol. The van der Waals surface area contributed by atoms with Crippen LogP contribution in [0.3, 0.4) is 0 Å². The van der Waals surface area contributed by atoms with Crippen LogP contribution < -0.4 is 10.6 Å². The number of hydrogen-bond acceptors (Lipinski definition) is 2. The van der Waals surface area contributed by atoms with E-state index in [1.54, 1.807) is 0 Å². The zero-order valence-electron chi connectivity index (χ0n) is 15.5. The highest BCUT2D eigenvalue weighted by molar-refractivity contribution is 5.57. The quantitative estimate of drug-likeness (QED) is 0.733. The van der Waals surface area contributed by atoms with Crippen LogP contribution in [0.4, 0.5) is 11.4 Å². The van der Waals surface area contributed by atoms with Crippen molar-refractivity contribution in [2.24, 2.45) is 0 Å². The van der Waals surface area contributed by atoms with Gasteiger partial charge >= 0.3 is 0 Å². The maximum Gasteiger partial charge on any atom is 0.0367 e. The summed E-state index contributed by atoms with van der Waals surface area (Å²) in [6.07, 6.45) is 6.51. The number of hydrogen-bond donors (Lipinski definition) is 2. The molecule has 0 unspecified atom stereocenters. The number of benzene rings is 2. The van der Waals surface area contributed by atoms with Gasteiger partial charge in [0.1, 0.15) is 0 Å². The van der Waals surface area contributed by atoms with Gasteiger partial charge in [0.2, 0.25) is 0 Å². The van der Waals surface area contributed by atoms with E-state index in [0.717, 1.165) is 0 Å². The Kier molecular flexibility index (Phi) is 4.84. The molecule has 2 aromatic carbocycles. The van der Waals surface area contributed by atoms with E-state index in [9.17, 15) is 0 Å². The van der Waals surface area contributed by atoms with Crippen molar-refractivity contribution >= 4 is 11.4 Å². The summed E-state index contributed by atoms with van der Waals surface area (Å²) in [4.78, 5) is 0. The molecule has 0 aliphatic heterocycles. The maximum absolute atomic E-state index is 3.29. The molecule has 0 spiro atoms. The molecule has 0 aromatic heterocycles. The monoisotopic (exact) mass is 324 g/mol. The van der Waals surface area contributed by atoms with E-state index in [0.29, 0.717) is 0 Å². The van der Waals surface area contributed by atoms with E-state index in [1.807, 2.05) is 14.1 Å². The lowest BCUT2D eigenvalue weighted by Gasteiger charge is -2.39. The fourth-order valence-corrected chi connectivity index (χ4v) is 4.38. The van der Waals surface area contributed by atoms with Gasteiger partial charge in [-0.25, -0.2) is 0 Å². The molecule has 0 atom stereocenters. The van der Waals surface area contributed by atoms with Crippen molar-refractivity contribution in [3.8, 4) is 0 Å². The van der Waals surface area contributed by atoms with Gasteiger partial charge in [-0.05, 0) is 61.1 Å². The minimum Gasteiger partial charge on any atom is -0.388 e. The summed E-state index contributed by atoms with van der Waals surface area (Å²) < 4.78 is 0. The SMILES string of the molecule is CNc1ccc(C2(c3ccc(NC)c(C)c3)CCCCC2)cc1C.[HH]. The second kappa shape index (κ2) is 6.88. The van der Waals surface area contributed by atoms with Crippen molar-refractivity contribution in [3.63, 3.8) is 0 Å². The average molecular weight is 325 g/mol. The first-order chi connectivity index (χ1) is 11.6. The Morgan fingerprint density at radius 2 is 1.21 bits per heavy atom. The van der Waals surface area contributed by atoms with E-state index >= 15 is 0 Å². The van der Waals surface area contributed by atoms with Crippen molar-refractivity contribution in [1.29, 1.82) is 0 Å². The van der Waals surface area contributed by atoms with Crippen LogP contribution in [0, 0.1) is 13.8 Å². The van der Waals surface area contributed by atoms with Crippen molar-refractivity contribution in [1.82, 2.24) is 0 Å². The Morgan fingerprint density at radius 3 is 1.58 bits per heavy atom. The Morgan fingerprint density at radius 1 is 0.750 bits per heavy atom. The molecular formula is C22H32N2. The van der Waals surface area contributed by atoms with Gasteiger partial charge in [0, 0.05) is 32.3 Å². The molecule has 2 aromatic rings. The molecule has 1 saturated carbocycles. The summed E-state index contributed by atoms with van der Waals surface area (Å²) in [6.45, 7) is 4.42. The smallest absolute Gasteiger partial charge is 0.0367 e. The Balaban J connectivity index is 0.00000225. The van der Waals surface area contributed by atoms with Gasteiger partial charge < -0.3 is 10.6 Å². The number of nitrogens with one attached hydrogen (secondary N) is 2. The summed E-state index contributed by atoms with van der Waals surface area (Å²) in [5.74, 6) is 0. The molecule has 0 heterocycles. The third kappa shape index (κ3) is 2.90.